The number of benzene rings is 3. The van der Waals surface area contributed by atoms with Crippen LogP contribution in [-0.4, -0.2) is 20.5 Å². The lowest BCUT2D eigenvalue weighted by atomic mass is 10.1. The van der Waals surface area contributed by atoms with Gasteiger partial charge in [0, 0.05) is 11.1 Å². The predicted molar refractivity (Wildman–Crippen MR) is 107 cm³/mol. The second-order valence-corrected chi connectivity index (χ2v) is 5.97. The zero-order valence-electron chi connectivity index (χ0n) is 14.6. The lowest BCUT2D eigenvalue weighted by Gasteiger charge is -2.02. The van der Waals surface area contributed by atoms with Gasteiger partial charge in [-0.05, 0) is 24.3 Å². The predicted octanol–water partition coefficient (Wildman–Crippen LogP) is 4.83. The Labute approximate surface area is 157 Å². The number of hydrogen-bond donors (Lipinski definition) is 0. The molecule has 0 saturated heterocycles. The molecule has 0 aliphatic heterocycles. The molecule has 0 bridgehead atoms. The van der Waals surface area contributed by atoms with E-state index in [1.54, 1.807) is 22.9 Å². The Kier molecular flexibility index (Phi) is 4.70. The number of ketones is 1. The Bertz CT molecular complexity index is 1070. The van der Waals surface area contributed by atoms with E-state index in [1.807, 2.05) is 78.9 Å². The summed E-state index contributed by atoms with van der Waals surface area (Å²) in [5.74, 6) is 1.15. The van der Waals surface area contributed by atoms with Crippen LogP contribution in [0.2, 0.25) is 0 Å². The molecule has 0 N–H and O–H groups in total. The molecule has 0 atom stereocenters. The highest BCUT2D eigenvalue weighted by Gasteiger charge is 2.11. The molecule has 27 heavy (non-hydrogen) atoms. The van der Waals surface area contributed by atoms with Gasteiger partial charge in [-0.25, -0.2) is 9.67 Å². The van der Waals surface area contributed by atoms with Crippen molar-refractivity contribution < 1.29 is 4.79 Å². The maximum absolute atomic E-state index is 12.4. The van der Waals surface area contributed by atoms with E-state index >= 15 is 0 Å². The summed E-state index contributed by atoms with van der Waals surface area (Å²) >= 11 is 0. The van der Waals surface area contributed by atoms with E-state index in [1.165, 1.54) is 6.08 Å². The van der Waals surface area contributed by atoms with Gasteiger partial charge in [0.1, 0.15) is 0 Å². The summed E-state index contributed by atoms with van der Waals surface area (Å²) in [6.45, 7) is 0. The van der Waals surface area contributed by atoms with E-state index < -0.39 is 0 Å². The van der Waals surface area contributed by atoms with Crippen molar-refractivity contribution in [1.82, 2.24) is 14.8 Å². The molecule has 0 aliphatic rings. The quantitative estimate of drug-likeness (QED) is 0.382. The van der Waals surface area contributed by atoms with Crippen molar-refractivity contribution in [1.29, 1.82) is 0 Å². The molecule has 4 heteroatoms. The Morgan fingerprint density at radius 3 is 2.04 bits per heavy atom. The van der Waals surface area contributed by atoms with Gasteiger partial charge in [-0.1, -0.05) is 78.9 Å². The van der Waals surface area contributed by atoms with Crippen molar-refractivity contribution in [2.45, 2.75) is 0 Å². The van der Waals surface area contributed by atoms with Crippen LogP contribution < -0.4 is 0 Å². The molecule has 0 radical (unpaired) electrons. The summed E-state index contributed by atoms with van der Waals surface area (Å²) in [5, 5.41) is 4.64. The zero-order valence-corrected chi connectivity index (χ0v) is 14.6. The van der Waals surface area contributed by atoms with Crippen molar-refractivity contribution in [2.24, 2.45) is 0 Å². The molecule has 0 amide bonds. The van der Waals surface area contributed by atoms with Crippen LogP contribution in [0.1, 0.15) is 16.2 Å². The standard InChI is InChI=1S/C23H17N3O/c27-21(18-10-4-1-5-11-18)16-17-22-24-23(19-12-6-2-7-13-19)25-26(22)20-14-8-3-9-15-20/h1-17H/b17-16+. The fourth-order valence-electron chi connectivity index (χ4n) is 2.75. The number of nitrogens with zero attached hydrogens (tertiary/aromatic N) is 3. The molecule has 0 saturated carbocycles. The Balaban J connectivity index is 1.73. The molecule has 4 rings (SSSR count). The number of aromatic nitrogens is 3. The maximum atomic E-state index is 12.4. The highest BCUT2D eigenvalue weighted by Crippen LogP contribution is 2.19. The molecular formula is C23H17N3O. The van der Waals surface area contributed by atoms with Crippen LogP contribution in [0.4, 0.5) is 0 Å². The average Bonchev–Trinajstić information content (AvgIpc) is 3.18. The van der Waals surface area contributed by atoms with Gasteiger partial charge in [-0.3, -0.25) is 4.79 Å². The van der Waals surface area contributed by atoms with Crippen LogP contribution in [0.25, 0.3) is 23.2 Å². The molecule has 1 aromatic heterocycles. The van der Waals surface area contributed by atoms with Crippen LogP contribution in [0, 0.1) is 0 Å². The van der Waals surface area contributed by atoms with Crippen LogP contribution in [0.15, 0.2) is 97.1 Å². The first-order valence-corrected chi connectivity index (χ1v) is 8.66. The molecule has 0 aliphatic carbocycles. The monoisotopic (exact) mass is 351 g/mol. The average molecular weight is 351 g/mol. The van der Waals surface area contributed by atoms with Gasteiger partial charge in [0.05, 0.1) is 5.69 Å². The van der Waals surface area contributed by atoms with Crippen molar-refractivity contribution in [3.8, 4) is 17.1 Å². The molecule has 4 nitrogen and oxygen atoms in total. The molecule has 0 unspecified atom stereocenters. The van der Waals surface area contributed by atoms with E-state index in [4.69, 9.17) is 0 Å². The lowest BCUT2D eigenvalue weighted by Crippen LogP contribution is -2.00. The zero-order chi connectivity index (χ0) is 18.5. The van der Waals surface area contributed by atoms with E-state index in [0.717, 1.165) is 11.3 Å². The minimum Gasteiger partial charge on any atom is -0.289 e. The number of carbonyl (C=O) groups excluding carboxylic acids is 1. The van der Waals surface area contributed by atoms with Gasteiger partial charge in [0.2, 0.25) is 0 Å². The second-order valence-electron chi connectivity index (χ2n) is 5.97. The number of rotatable bonds is 5. The third-order valence-corrected chi connectivity index (χ3v) is 4.11. The van der Waals surface area contributed by atoms with E-state index in [9.17, 15) is 4.79 Å². The van der Waals surface area contributed by atoms with Crippen LogP contribution in [0.3, 0.4) is 0 Å². The third-order valence-electron chi connectivity index (χ3n) is 4.11. The number of hydrogen-bond acceptors (Lipinski definition) is 3. The van der Waals surface area contributed by atoms with Gasteiger partial charge < -0.3 is 0 Å². The summed E-state index contributed by atoms with van der Waals surface area (Å²) < 4.78 is 1.75. The highest BCUT2D eigenvalue weighted by atomic mass is 16.1. The van der Waals surface area contributed by atoms with Gasteiger partial charge in [0.25, 0.3) is 0 Å². The number of para-hydroxylation sites is 1. The van der Waals surface area contributed by atoms with E-state index in [2.05, 4.69) is 10.1 Å². The number of allylic oxidation sites excluding steroid dienone is 1. The smallest absolute Gasteiger partial charge is 0.185 e. The summed E-state index contributed by atoms with van der Waals surface area (Å²) in [6, 6.07) is 28.7. The first-order valence-electron chi connectivity index (χ1n) is 8.66. The van der Waals surface area contributed by atoms with Gasteiger partial charge in [0.15, 0.2) is 17.4 Å². The van der Waals surface area contributed by atoms with Crippen LogP contribution >= 0.6 is 0 Å². The molecule has 3 aromatic carbocycles. The summed E-state index contributed by atoms with van der Waals surface area (Å²) in [4.78, 5) is 17.0. The van der Waals surface area contributed by atoms with Gasteiger partial charge in [-0.2, -0.15) is 0 Å². The minimum atomic E-state index is -0.0699. The van der Waals surface area contributed by atoms with Crippen molar-refractivity contribution in [3.63, 3.8) is 0 Å². The Morgan fingerprint density at radius 1 is 0.778 bits per heavy atom. The SMILES string of the molecule is O=C(/C=C/c1nc(-c2ccccc2)nn1-c1ccccc1)c1ccccc1. The van der Waals surface area contributed by atoms with Crippen LogP contribution in [0.5, 0.6) is 0 Å². The second kappa shape index (κ2) is 7.62. The summed E-state index contributed by atoms with van der Waals surface area (Å²) in [6.07, 6.45) is 3.25. The normalized spacial score (nSPS) is 11.0. The number of carbonyl (C=O) groups is 1. The van der Waals surface area contributed by atoms with Gasteiger partial charge >= 0.3 is 0 Å². The maximum Gasteiger partial charge on any atom is 0.185 e. The third kappa shape index (κ3) is 3.75. The fourth-order valence-corrected chi connectivity index (χ4v) is 2.75. The minimum absolute atomic E-state index is 0.0699. The van der Waals surface area contributed by atoms with E-state index in [0.29, 0.717) is 17.2 Å². The van der Waals surface area contributed by atoms with Crippen molar-refractivity contribution in [2.75, 3.05) is 0 Å². The first kappa shape index (κ1) is 16.7. The first-order chi connectivity index (χ1) is 13.3. The topological polar surface area (TPSA) is 47.8 Å². The molecule has 1 heterocycles. The highest BCUT2D eigenvalue weighted by molar-refractivity contribution is 6.06. The summed E-state index contributed by atoms with van der Waals surface area (Å²) in [5.41, 5.74) is 2.46. The molecule has 0 spiro atoms. The largest absolute Gasteiger partial charge is 0.289 e. The van der Waals surface area contributed by atoms with Gasteiger partial charge in [-0.15, -0.1) is 5.10 Å². The molecule has 0 fully saturated rings. The van der Waals surface area contributed by atoms with E-state index in [-0.39, 0.29) is 5.78 Å². The fraction of sp³-hybridized carbons (Fsp3) is 0. The Hall–Kier alpha value is -3.79. The molecule has 130 valence electrons. The van der Waals surface area contributed by atoms with Crippen molar-refractivity contribution in [3.05, 3.63) is 108 Å². The molecule has 4 aromatic rings. The Morgan fingerprint density at radius 2 is 1.37 bits per heavy atom. The van der Waals surface area contributed by atoms with Crippen molar-refractivity contribution >= 4 is 11.9 Å². The molecular weight excluding hydrogens is 334 g/mol. The summed E-state index contributed by atoms with van der Waals surface area (Å²) in [7, 11) is 0. The lowest BCUT2D eigenvalue weighted by molar-refractivity contribution is 0.104. The van der Waals surface area contributed by atoms with Crippen LogP contribution in [-0.2, 0) is 0 Å².